The van der Waals surface area contributed by atoms with Gasteiger partial charge in [0.15, 0.2) is 5.69 Å². The van der Waals surface area contributed by atoms with Crippen molar-refractivity contribution in [1.82, 2.24) is 15.5 Å². The van der Waals surface area contributed by atoms with Crippen molar-refractivity contribution >= 4 is 34.7 Å². The Hall–Kier alpha value is -2.18. The summed E-state index contributed by atoms with van der Waals surface area (Å²) >= 11 is 3.43. The van der Waals surface area contributed by atoms with Gasteiger partial charge in [-0.2, -0.15) is 27.8 Å². The summed E-state index contributed by atoms with van der Waals surface area (Å²) in [5.74, 6) is -0.0665. The van der Waals surface area contributed by atoms with Crippen LogP contribution in [0.1, 0.15) is 45.7 Å². The molecular weight excluding hydrogens is 350 g/mol. The molecule has 3 aromatic heterocycles. The highest BCUT2D eigenvalue weighted by Gasteiger charge is 2.38. The lowest BCUT2D eigenvalue weighted by atomic mass is 9.70. The number of nitrogens with zero attached hydrogens (tertiary/aromatic N) is 1. The monoisotopic (exact) mass is 367 g/mol. The highest BCUT2D eigenvalue weighted by atomic mass is 32.1. The van der Waals surface area contributed by atoms with E-state index in [-0.39, 0.29) is 11.3 Å². The minimum atomic E-state index is -0.191. The van der Waals surface area contributed by atoms with E-state index < -0.39 is 0 Å². The van der Waals surface area contributed by atoms with Gasteiger partial charge in [0.2, 0.25) is 0 Å². The van der Waals surface area contributed by atoms with Crippen molar-refractivity contribution in [3.05, 3.63) is 67.8 Å². The summed E-state index contributed by atoms with van der Waals surface area (Å²) in [5, 5.41) is 19.1. The lowest BCUT2D eigenvalue weighted by molar-refractivity contribution is 0.0946. The maximum Gasteiger partial charge on any atom is 0.272 e. The maximum atomic E-state index is 12.4. The number of carbonyl (C=O) groups excluding carboxylic acids is 1. The Bertz CT molecular complexity index is 899. The molecule has 3 heterocycles. The molecule has 0 spiro atoms. The lowest BCUT2D eigenvalue weighted by Crippen LogP contribution is -2.30. The summed E-state index contributed by atoms with van der Waals surface area (Å²) in [4.78, 5) is 12.4. The van der Waals surface area contributed by atoms with Crippen LogP contribution in [-0.4, -0.2) is 22.1 Å². The Balaban J connectivity index is 1.56. The van der Waals surface area contributed by atoms with Crippen molar-refractivity contribution in [1.29, 1.82) is 0 Å². The molecule has 0 unspecified atom stereocenters. The minimum Gasteiger partial charge on any atom is -0.348 e. The van der Waals surface area contributed by atoms with Gasteiger partial charge in [0.25, 0.3) is 5.91 Å². The summed E-state index contributed by atoms with van der Waals surface area (Å²) < 4.78 is 0. The number of thiophene rings is 2. The third-order valence-corrected chi connectivity index (χ3v) is 6.44. The van der Waals surface area contributed by atoms with Gasteiger partial charge in [-0.25, -0.2) is 0 Å². The maximum absolute atomic E-state index is 12.4. The van der Waals surface area contributed by atoms with Gasteiger partial charge in [-0.1, -0.05) is 12.2 Å². The quantitative estimate of drug-likeness (QED) is 0.733. The number of aromatic nitrogens is 2. The number of allylic oxidation sites excluding steroid dienone is 1. The smallest absolute Gasteiger partial charge is 0.272 e. The summed E-state index contributed by atoms with van der Waals surface area (Å²) in [7, 11) is 0. The van der Waals surface area contributed by atoms with E-state index in [1.807, 2.05) is 0 Å². The molecule has 2 N–H and O–H groups in total. The average molecular weight is 367 g/mol. The standard InChI is InChI=1S/C19H17N3OS2/c23-18(20-14-1-2-14)17-15-3-6-19(9-16(15)21-22-17,12-4-7-24-10-12)13-5-8-25-11-13/h3-8,10-11,14H,1-2,9H2,(H,20,23)(H,21,22). The molecule has 1 saturated carbocycles. The predicted molar refractivity (Wildman–Crippen MR) is 101 cm³/mol. The second-order valence-corrected chi connectivity index (χ2v) is 8.28. The van der Waals surface area contributed by atoms with Gasteiger partial charge < -0.3 is 5.32 Å². The van der Waals surface area contributed by atoms with Crippen molar-refractivity contribution in [2.24, 2.45) is 0 Å². The molecule has 0 bridgehead atoms. The van der Waals surface area contributed by atoms with Crippen molar-refractivity contribution in [2.75, 3.05) is 0 Å². The molecule has 3 aromatic rings. The van der Waals surface area contributed by atoms with Gasteiger partial charge in [-0.3, -0.25) is 9.89 Å². The van der Waals surface area contributed by atoms with Crippen LogP contribution in [-0.2, 0) is 11.8 Å². The topological polar surface area (TPSA) is 57.8 Å². The molecule has 2 aliphatic rings. The molecule has 5 rings (SSSR count). The van der Waals surface area contributed by atoms with E-state index in [0.717, 1.165) is 30.5 Å². The van der Waals surface area contributed by atoms with Crippen molar-refractivity contribution in [2.45, 2.75) is 30.7 Å². The predicted octanol–water partition coefficient (Wildman–Crippen LogP) is 3.98. The fourth-order valence-corrected chi connectivity index (χ4v) is 5.00. The van der Waals surface area contributed by atoms with Gasteiger partial charge >= 0.3 is 0 Å². The Morgan fingerprint density at radius 3 is 2.52 bits per heavy atom. The molecule has 0 aromatic carbocycles. The van der Waals surface area contributed by atoms with E-state index in [1.165, 1.54) is 11.1 Å². The van der Waals surface area contributed by atoms with E-state index in [0.29, 0.717) is 11.7 Å². The minimum absolute atomic E-state index is 0.0665. The van der Waals surface area contributed by atoms with Gasteiger partial charge in [0, 0.05) is 29.1 Å². The molecule has 1 fully saturated rings. The molecule has 0 atom stereocenters. The van der Waals surface area contributed by atoms with Crippen LogP contribution in [0.5, 0.6) is 0 Å². The van der Waals surface area contributed by atoms with Crippen LogP contribution < -0.4 is 5.32 Å². The summed E-state index contributed by atoms with van der Waals surface area (Å²) in [6.45, 7) is 0. The number of carbonyl (C=O) groups is 1. The second kappa shape index (κ2) is 5.68. The van der Waals surface area contributed by atoms with Gasteiger partial charge in [-0.05, 0) is 57.6 Å². The van der Waals surface area contributed by atoms with Crippen LogP contribution in [0.15, 0.2) is 39.7 Å². The van der Waals surface area contributed by atoms with E-state index >= 15 is 0 Å². The van der Waals surface area contributed by atoms with E-state index in [1.54, 1.807) is 22.7 Å². The van der Waals surface area contributed by atoms with Gasteiger partial charge in [-0.15, -0.1) is 0 Å². The van der Waals surface area contributed by atoms with Crippen molar-refractivity contribution < 1.29 is 4.79 Å². The third-order valence-electron chi connectivity index (χ3n) is 5.07. The first-order chi connectivity index (χ1) is 12.3. The van der Waals surface area contributed by atoms with E-state index in [4.69, 9.17) is 0 Å². The molecule has 2 aliphatic carbocycles. The number of aromatic amines is 1. The average Bonchev–Trinajstić information content (AvgIpc) is 3.12. The van der Waals surface area contributed by atoms with Crippen LogP contribution >= 0.6 is 22.7 Å². The molecule has 126 valence electrons. The van der Waals surface area contributed by atoms with Crippen LogP contribution in [0.25, 0.3) is 6.08 Å². The number of amides is 1. The van der Waals surface area contributed by atoms with Gasteiger partial charge in [0.1, 0.15) is 0 Å². The summed E-state index contributed by atoms with van der Waals surface area (Å²) in [5.41, 5.74) is 4.86. The van der Waals surface area contributed by atoms with Crippen LogP contribution in [0, 0.1) is 0 Å². The van der Waals surface area contributed by atoms with Gasteiger partial charge in [0.05, 0.1) is 0 Å². The zero-order valence-electron chi connectivity index (χ0n) is 13.5. The summed E-state index contributed by atoms with van der Waals surface area (Å²) in [6, 6.07) is 4.71. The second-order valence-electron chi connectivity index (χ2n) is 6.72. The molecule has 1 amide bonds. The molecule has 4 nitrogen and oxygen atoms in total. The molecule has 0 saturated heterocycles. The Morgan fingerprint density at radius 2 is 1.92 bits per heavy atom. The number of hydrogen-bond donors (Lipinski definition) is 2. The molecule has 25 heavy (non-hydrogen) atoms. The Labute approximate surface area is 153 Å². The molecule has 0 aliphatic heterocycles. The molecular formula is C19H17N3OS2. The fraction of sp³-hybridized carbons (Fsp3) is 0.263. The Kier molecular flexibility index (Phi) is 3.43. The van der Waals surface area contributed by atoms with Crippen molar-refractivity contribution in [3.63, 3.8) is 0 Å². The zero-order valence-corrected chi connectivity index (χ0v) is 15.1. The Morgan fingerprint density at radius 1 is 1.20 bits per heavy atom. The number of fused-ring (bicyclic) bond motifs is 1. The first kappa shape index (κ1) is 15.1. The lowest BCUT2D eigenvalue weighted by Gasteiger charge is -2.32. The van der Waals surface area contributed by atoms with Crippen molar-refractivity contribution in [3.8, 4) is 0 Å². The van der Waals surface area contributed by atoms with Crippen LogP contribution in [0.4, 0.5) is 0 Å². The van der Waals surface area contributed by atoms with E-state index in [9.17, 15) is 4.79 Å². The zero-order chi connectivity index (χ0) is 16.9. The SMILES string of the molecule is O=C(NC1CC1)c1n[nH]c2c1C=CC(c1ccsc1)(c1ccsc1)C2. The normalized spacial score (nSPS) is 18.1. The van der Waals surface area contributed by atoms with Crippen LogP contribution in [0.3, 0.4) is 0 Å². The molecule has 0 radical (unpaired) electrons. The highest BCUT2D eigenvalue weighted by Crippen LogP contribution is 2.43. The first-order valence-electron chi connectivity index (χ1n) is 8.39. The van der Waals surface area contributed by atoms with E-state index in [2.05, 4.69) is 61.3 Å². The van der Waals surface area contributed by atoms with Crippen LogP contribution in [0.2, 0.25) is 0 Å². The fourth-order valence-electron chi connectivity index (χ4n) is 3.52. The third kappa shape index (κ3) is 2.48. The number of H-pyrrole nitrogens is 1. The number of nitrogens with one attached hydrogen (secondary N) is 2. The number of rotatable bonds is 4. The molecule has 6 heteroatoms. The summed E-state index contributed by atoms with van der Waals surface area (Å²) in [6.07, 6.45) is 7.25. The largest absolute Gasteiger partial charge is 0.348 e. The first-order valence-corrected chi connectivity index (χ1v) is 10.3. The number of hydrogen-bond acceptors (Lipinski definition) is 4. The highest BCUT2D eigenvalue weighted by molar-refractivity contribution is 7.08.